The van der Waals surface area contributed by atoms with Gasteiger partial charge in [-0.25, -0.2) is 0 Å². The van der Waals surface area contributed by atoms with Crippen molar-refractivity contribution in [2.24, 2.45) is 0 Å². The van der Waals surface area contributed by atoms with Crippen molar-refractivity contribution in [3.05, 3.63) is 29.8 Å². The smallest absolute Gasteiger partial charge is 0.172 e. The van der Waals surface area contributed by atoms with Gasteiger partial charge in [-0.15, -0.1) is 0 Å². The molecule has 1 aromatic rings. The summed E-state index contributed by atoms with van der Waals surface area (Å²) in [6.45, 7) is 0. The number of alkyl halides is 3. The molecule has 0 unspecified atom stereocenters. The summed E-state index contributed by atoms with van der Waals surface area (Å²) in [6, 6.07) is 4.72. The Kier molecular flexibility index (Phi) is 3.47. The Labute approximate surface area is 82.5 Å². The van der Waals surface area contributed by atoms with Gasteiger partial charge in [0.15, 0.2) is 0 Å². The molecule has 0 fully saturated rings. The number of benzene rings is 1. The van der Waals surface area contributed by atoms with Gasteiger partial charge in [0.2, 0.25) is 0 Å². The highest BCUT2D eigenvalue weighted by Crippen LogP contribution is 2.30. The Morgan fingerprint density at radius 2 is 1.69 bits per heavy atom. The van der Waals surface area contributed by atoms with E-state index in [0.717, 1.165) is 24.1 Å². The zero-order valence-electron chi connectivity index (χ0n) is 6.23. The van der Waals surface area contributed by atoms with E-state index in [-0.39, 0.29) is 0 Å². The number of hydrogen-bond acceptors (Lipinski definition) is 2. The van der Waals surface area contributed by atoms with Gasteiger partial charge < -0.3 is 0 Å². The van der Waals surface area contributed by atoms with E-state index in [9.17, 15) is 13.2 Å². The number of hydrogen-bond donors (Lipinski definition) is 1. The van der Waals surface area contributed by atoms with Gasteiger partial charge in [-0.3, -0.25) is 0 Å². The van der Waals surface area contributed by atoms with Gasteiger partial charge in [0.05, 0.1) is 5.56 Å². The van der Waals surface area contributed by atoms with Crippen molar-refractivity contribution >= 4 is 23.7 Å². The molecule has 0 aliphatic carbocycles. The third kappa shape index (κ3) is 3.10. The molecule has 0 radical (unpaired) electrons. The van der Waals surface area contributed by atoms with E-state index in [1.54, 1.807) is 0 Å². The minimum atomic E-state index is -4.28. The van der Waals surface area contributed by atoms with E-state index in [2.05, 4.69) is 4.24 Å². The Hall–Kier alpha value is -0.390. The summed E-state index contributed by atoms with van der Waals surface area (Å²) < 4.78 is 38.4. The molecule has 72 valence electrons. The van der Waals surface area contributed by atoms with Crippen LogP contribution in [-0.2, 0) is 6.18 Å². The maximum atomic E-state index is 12.1. The highest BCUT2D eigenvalue weighted by Gasteiger charge is 2.29. The minimum Gasteiger partial charge on any atom is -0.172 e. The Morgan fingerprint density at radius 3 is 2.08 bits per heavy atom. The molecule has 0 aliphatic rings. The maximum Gasteiger partial charge on any atom is 0.416 e. The van der Waals surface area contributed by atoms with Crippen LogP contribution in [0.25, 0.3) is 0 Å². The van der Waals surface area contributed by atoms with Crippen molar-refractivity contribution in [1.82, 2.24) is 4.24 Å². The third-order valence-electron chi connectivity index (χ3n) is 1.34. The minimum absolute atomic E-state index is 0.628. The highest BCUT2D eigenvalue weighted by atomic mass is 35.5. The van der Waals surface area contributed by atoms with Crippen LogP contribution >= 0.6 is 23.7 Å². The van der Waals surface area contributed by atoms with Crippen molar-refractivity contribution in [3.63, 3.8) is 0 Å². The van der Waals surface area contributed by atoms with E-state index in [0.29, 0.717) is 4.90 Å². The van der Waals surface area contributed by atoms with Crippen molar-refractivity contribution in [2.75, 3.05) is 0 Å². The van der Waals surface area contributed by atoms with Crippen LogP contribution in [0.2, 0.25) is 0 Å². The molecule has 0 heterocycles. The largest absolute Gasteiger partial charge is 0.416 e. The van der Waals surface area contributed by atoms with Gasteiger partial charge in [0.25, 0.3) is 0 Å². The zero-order valence-corrected chi connectivity index (χ0v) is 7.80. The van der Waals surface area contributed by atoms with Crippen molar-refractivity contribution in [1.29, 1.82) is 0 Å². The Balaban J connectivity index is 2.81. The standard InChI is InChI=1S/C7H5ClF3NS/c8-12-13-6-3-1-5(2-4-6)7(9,10)11/h1-4,12H. The van der Waals surface area contributed by atoms with Crippen molar-refractivity contribution in [2.45, 2.75) is 11.1 Å². The fourth-order valence-corrected chi connectivity index (χ4v) is 1.39. The van der Waals surface area contributed by atoms with Gasteiger partial charge in [0.1, 0.15) is 0 Å². The van der Waals surface area contributed by atoms with Crippen LogP contribution in [0.1, 0.15) is 5.56 Å². The molecule has 0 saturated heterocycles. The SMILES string of the molecule is FC(F)(F)c1ccc(SNCl)cc1. The molecular formula is C7H5ClF3NS. The van der Waals surface area contributed by atoms with Crippen LogP contribution in [0.4, 0.5) is 13.2 Å². The highest BCUT2D eigenvalue weighted by molar-refractivity contribution is 7.98. The van der Waals surface area contributed by atoms with Gasteiger partial charge in [-0.1, -0.05) is 0 Å². The second kappa shape index (κ2) is 4.21. The molecule has 0 amide bonds. The van der Waals surface area contributed by atoms with Crippen molar-refractivity contribution in [3.8, 4) is 0 Å². The first-order valence-corrected chi connectivity index (χ1v) is 4.43. The summed E-state index contributed by atoms with van der Waals surface area (Å²) in [7, 11) is 0. The molecule has 1 aromatic carbocycles. The monoisotopic (exact) mass is 227 g/mol. The molecule has 0 bridgehead atoms. The van der Waals surface area contributed by atoms with Crippen LogP contribution in [0.3, 0.4) is 0 Å². The summed E-state index contributed by atoms with van der Waals surface area (Å²) in [5.74, 6) is 0. The fourth-order valence-electron chi connectivity index (χ4n) is 0.757. The summed E-state index contributed by atoms with van der Waals surface area (Å²) >= 11 is 6.20. The quantitative estimate of drug-likeness (QED) is 0.614. The van der Waals surface area contributed by atoms with Crippen molar-refractivity contribution < 1.29 is 13.2 Å². The average Bonchev–Trinajstić information content (AvgIpc) is 2.04. The lowest BCUT2D eigenvalue weighted by molar-refractivity contribution is -0.137. The first-order chi connectivity index (χ1) is 6.04. The fraction of sp³-hybridized carbons (Fsp3) is 0.143. The summed E-state index contributed by atoms with van der Waals surface area (Å²) in [4.78, 5) is 0.628. The maximum absolute atomic E-state index is 12.1. The van der Waals surface area contributed by atoms with Gasteiger partial charge in [0, 0.05) is 4.90 Å². The average molecular weight is 228 g/mol. The van der Waals surface area contributed by atoms with E-state index >= 15 is 0 Å². The first kappa shape index (κ1) is 10.7. The van der Waals surface area contributed by atoms with E-state index in [1.165, 1.54) is 12.1 Å². The predicted octanol–water partition coefficient (Wildman–Crippen LogP) is 3.46. The third-order valence-corrected chi connectivity index (χ3v) is 2.15. The van der Waals surface area contributed by atoms with E-state index in [1.807, 2.05) is 0 Å². The molecule has 1 nitrogen and oxygen atoms in total. The molecular weight excluding hydrogens is 223 g/mol. The number of rotatable bonds is 2. The molecule has 0 spiro atoms. The van der Waals surface area contributed by atoms with Crippen LogP contribution in [0, 0.1) is 0 Å². The molecule has 13 heavy (non-hydrogen) atoms. The molecule has 0 atom stereocenters. The number of nitrogens with one attached hydrogen (secondary N) is 1. The molecule has 0 aromatic heterocycles. The van der Waals surface area contributed by atoms with Gasteiger partial charge >= 0.3 is 6.18 Å². The lowest BCUT2D eigenvalue weighted by Crippen LogP contribution is -2.04. The lowest BCUT2D eigenvalue weighted by Gasteiger charge is -2.06. The van der Waals surface area contributed by atoms with Gasteiger partial charge in [-0.05, 0) is 48.0 Å². The first-order valence-electron chi connectivity index (χ1n) is 3.24. The summed E-state index contributed by atoms with van der Waals surface area (Å²) in [5.41, 5.74) is -0.661. The lowest BCUT2D eigenvalue weighted by atomic mass is 10.2. The second-order valence-corrected chi connectivity index (χ2v) is 3.49. The van der Waals surface area contributed by atoms with Crippen LogP contribution < -0.4 is 4.24 Å². The predicted molar refractivity (Wildman–Crippen MR) is 46.3 cm³/mol. The normalized spacial score (nSPS) is 11.7. The molecule has 1 rings (SSSR count). The topological polar surface area (TPSA) is 12.0 Å². The second-order valence-electron chi connectivity index (χ2n) is 2.20. The summed E-state index contributed by atoms with van der Waals surface area (Å²) in [5, 5.41) is 0. The van der Waals surface area contributed by atoms with Crippen LogP contribution in [-0.4, -0.2) is 0 Å². The Bertz CT molecular complexity index is 272. The summed E-state index contributed by atoms with van der Waals surface area (Å²) in [6.07, 6.45) is -4.28. The van der Waals surface area contributed by atoms with Gasteiger partial charge in [-0.2, -0.15) is 17.4 Å². The van der Waals surface area contributed by atoms with Crippen LogP contribution in [0.15, 0.2) is 29.2 Å². The Morgan fingerprint density at radius 1 is 1.15 bits per heavy atom. The van der Waals surface area contributed by atoms with E-state index < -0.39 is 11.7 Å². The molecule has 6 heteroatoms. The molecule has 1 N–H and O–H groups in total. The van der Waals surface area contributed by atoms with Crippen LogP contribution in [0.5, 0.6) is 0 Å². The number of halogens is 4. The molecule has 0 aliphatic heterocycles. The zero-order chi connectivity index (χ0) is 9.90. The van der Waals surface area contributed by atoms with E-state index in [4.69, 9.17) is 11.8 Å². The molecule has 0 saturated carbocycles.